The summed E-state index contributed by atoms with van der Waals surface area (Å²) in [5.74, 6) is 0.155. The van der Waals surface area contributed by atoms with E-state index in [4.69, 9.17) is 0 Å². The van der Waals surface area contributed by atoms with Crippen LogP contribution in [0.1, 0.15) is 29.5 Å². The molecule has 3 aromatic rings. The van der Waals surface area contributed by atoms with Gasteiger partial charge in [0.25, 0.3) is 0 Å². The van der Waals surface area contributed by atoms with E-state index in [1.165, 1.54) is 35.9 Å². The molecule has 1 saturated heterocycles. The second kappa shape index (κ2) is 8.87. The van der Waals surface area contributed by atoms with Crippen LogP contribution in [-0.2, 0) is 4.79 Å². The molecule has 0 unspecified atom stereocenters. The van der Waals surface area contributed by atoms with Gasteiger partial charge in [-0.25, -0.2) is 0 Å². The molecule has 0 saturated carbocycles. The molecule has 1 fully saturated rings. The van der Waals surface area contributed by atoms with Crippen molar-refractivity contribution in [3.8, 4) is 5.69 Å². The number of hydrogen-bond acceptors (Lipinski definition) is 6. The summed E-state index contributed by atoms with van der Waals surface area (Å²) in [6.07, 6.45) is 2.49. The molecule has 156 valence electrons. The third-order valence-corrected chi connectivity index (χ3v) is 6.27. The molecule has 0 spiro atoms. The molecule has 2 heterocycles. The molecule has 1 N–H and O–H groups in total. The molecule has 0 aliphatic carbocycles. The van der Waals surface area contributed by atoms with Crippen LogP contribution in [-0.4, -0.2) is 45.0 Å². The molecule has 0 radical (unpaired) electrons. The van der Waals surface area contributed by atoms with Gasteiger partial charge in [0.1, 0.15) is 0 Å². The predicted molar refractivity (Wildman–Crippen MR) is 121 cm³/mol. The number of para-hydroxylation sites is 1. The lowest BCUT2D eigenvalue weighted by Crippen LogP contribution is -2.19. The van der Waals surface area contributed by atoms with E-state index in [0.29, 0.717) is 5.16 Å². The Hall–Kier alpha value is -2.87. The number of hydrogen-bond donors (Lipinski definition) is 1. The van der Waals surface area contributed by atoms with Gasteiger partial charge in [0.05, 0.1) is 11.4 Å². The van der Waals surface area contributed by atoms with Gasteiger partial charge >= 0.3 is 0 Å². The third kappa shape index (κ3) is 4.33. The van der Waals surface area contributed by atoms with Gasteiger partial charge in [0, 0.05) is 24.5 Å². The Morgan fingerprint density at radius 1 is 1.07 bits per heavy atom. The zero-order chi connectivity index (χ0) is 21.1. The molecular weight excluding hydrogens is 396 g/mol. The van der Waals surface area contributed by atoms with Crippen LogP contribution in [0.3, 0.4) is 0 Å². The first kappa shape index (κ1) is 20.4. The number of carbonyl (C=O) groups is 1. The minimum absolute atomic E-state index is 0.0793. The summed E-state index contributed by atoms with van der Waals surface area (Å²) in [5.41, 5.74) is 6.38. The molecular formula is C22H26N6OS. The smallest absolute Gasteiger partial charge is 0.234 e. The van der Waals surface area contributed by atoms with Crippen molar-refractivity contribution < 1.29 is 4.79 Å². The van der Waals surface area contributed by atoms with Crippen molar-refractivity contribution in [3.63, 3.8) is 0 Å². The van der Waals surface area contributed by atoms with E-state index in [1.54, 1.807) is 4.68 Å². The highest BCUT2D eigenvalue weighted by Crippen LogP contribution is 2.27. The molecule has 30 heavy (non-hydrogen) atoms. The first-order chi connectivity index (χ1) is 14.5. The van der Waals surface area contributed by atoms with E-state index >= 15 is 0 Å². The lowest BCUT2D eigenvalue weighted by atomic mass is 10.1. The molecule has 2 aromatic carbocycles. The SMILES string of the molecule is Cc1cc(NC(=O)CSc2nnnn2-c2c(C)cccc2C)ccc1N1CCCC1. The Balaban J connectivity index is 1.40. The fourth-order valence-corrected chi connectivity index (χ4v) is 4.60. The van der Waals surface area contributed by atoms with Crippen LogP contribution >= 0.6 is 11.8 Å². The summed E-state index contributed by atoms with van der Waals surface area (Å²) in [7, 11) is 0. The number of thioether (sulfide) groups is 1. The molecule has 4 rings (SSSR count). The molecule has 0 atom stereocenters. The van der Waals surface area contributed by atoms with Crippen LogP contribution in [0.15, 0.2) is 41.6 Å². The summed E-state index contributed by atoms with van der Waals surface area (Å²) < 4.78 is 1.71. The molecule has 0 bridgehead atoms. The second-order valence-corrected chi connectivity index (χ2v) is 8.59. The fourth-order valence-electron chi connectivity index (χ4n) is 3.92. The highest BCUT2D eigenvalue weighted by Gasteiger charge is 2.16. The van der Waals surface area contributed by atoms with E-state index in [0.717, 1.165) is 35.6 Å². The van der Waals surface area contributed by atoms with E-state index in [-0.39, 0.29) is 11.7 Å². The van der Waals surface area contributed by atoms with Gasteiger partial charge < -0.3 is 10.2 Å². The van der Waals surface area contributed by atoms with E-state index in [1.807, 2.05) is 44.2 Å². The van der Waals surface area contributed by atoms with Gasteiger partial charge in [-0.3, -0.25) is 4.79 Å². The Bertz CT molecular complexity index is 1040. The second-order valence-electron chi connectivity index (χ2n) is 7.65. The summed E-state index contributed by atoms with van der Waals surface area (Å²) in [4.78, 5) is 14.9. The van der Waals surface area contributed by atoms with Gasteiger partial charge in [0.2, 0.25) is 11.1 Å². The monoisotopic (exact) mass is 422 g/mol. The van der Waals surface area contributed by atoms with Crippen molar-refractivity contribution in [2.45, 2.75) is 38.8 Å². The number of amides is 1. The molecule has 7 nitrogen and oxygen atoms in total. The van der Waals surface area contributed by atoms with E-state index < -0.39 is 0 Å². The number of anilines is 2. The zero-order valence-electron chi connectivity index (χ0n) is 17.6. The van der Waals surface area contributed by atoms with Crippen molar-refractivity contribution in [1.29, 1.82) is 0 Å². The minimum Gasteiger partial charge on any atom is -0.371 e. The highest BCUT2D eigenvalue weighted by molar-refractivity contribution is 7.99. The molecule has 1 aromatic heterocycles. The lowest BCUT2D eigenvalue weighted by molar-refractivity contribution is -0.113. The summed E-state index contributed by atoms with van der Waals surface area (Å²) in [6, 6.07) is 12.2. The number of nitrogens with zero attached hydrogens (tertiary/aromatic N) is 5. The van der Waals surface area contributed by atoms with Crippen molar-refractivity contribution in [2.24, 2.45) is 0 Å². The third-order valence-electron chi connectivity index (χ3n) is 5.35. The first-order valence-corrected chi connectivity index (χ1v) is 11.1. The van der Waals surface area contributed by atoms with Crippen molar-refractivity contribution in [3.05, 3.63) is 53.1 Å². The number of carbonyl (C=O) groups excluding carboxylic acids is 1. The Morgan fingerprint density at radius 2 is 1.80 bits per heavy atom. The quantitative estimate of drug-likeness (QED) is 0.607. The van der Waals surface area contributed by atoms with Crippen LogP contribution in [0.2, 0.25) is 0 Å². The number of aromatic nitrogens is 4. The van der Waals surface area contributed by atoms with Crippen molar-refractivity contribution in [2.75, 3.05) is 29.1 Å². The normalized spacial score (nSPS) is 13.6. The van der Waals surface area contributed by atoms with E-state index in [9.17, 15) is 4.79 Å². The minimum atomic E-state index is -0.0793. The van der Waals surface area contributed by atoms with Crippen LogP contribution in [0.5, 0.6) is 0 Å². The largest absolute Gasteiger partial charge is 0.371 e. The maximum atomic E-state index is 12.5. The Kier molecular flexibility index (Phi) is 6.03. The number of benzene rings is 2. The topological polar surface area (TPSA) is 75.9 Å². The summed E-state index contributed by atoms with van der Waals surface area (Å²) in [6.45, 7) is 8.37. The van der Waals surface area contributed by atoms with Gasteiger partial charge in [-0.05, 0) is 78.9 Å². The fraction of sp³-hybridized carbons (Fsp3) is 0.364. The van der Waals surface area contributed by atoms with Gasteiger partial charge in [-0.1, -0.05) is 30.0 Å². The number of aryl methyl sites for hydroxylation is 3. The molecule has 8 heteroatoms. The molecule has 1 amide bonds. The maximum Gasteiger partial charge on any atom is 0.234 e. The highest BCUT2D eigenvalue weighted by atomic mass is 32.2. The van der Waals surface area contributed by atoms with Gasteiger partial charge in [0.15, 0.2) is 0 Å². The zero-order valence-corrected chi connectivity index (χ0v) is 18.4. The van der Waals surface area contributed by atoms with Gasteiger partial charge in [-0.2, -0.15) is 4.68 Å². The predicted octanol–water partition coefficient (Wildman–Crippen LogP) is 3.92. The first-order valence-electron chi connectivity index (χ1n) is 10.2. The standard InChI is InChI=1S/C22H26N6OS/c1-15-7-6-8-16(2)21(15)28-22(24-25-26-28)30-14-20(29)23-18-9-10-19(17(3)13-18)27-11-4-5-12-27/h6-10,13H,4-5,11-12,14H2,1-3H3,(H,23,29). The van der Waals surface area contributed by atoms with E-state index in [2.05, 4.69) is 38.7 Å². The number of tetrazole rings is 1. The maximum absolute atomic E-state index is 12.5. The number of nitrogens with one attached hydrogen (secondary N) is 1. The van der Waals surface area contributed by atoms with Crippen LogP contribution < -0.4 is 10.2 Å². The van der Waals surface area contributed by atoms with Crippen LogP contribution in [0.25, 0.3) is 5.69 Å². The lowest BCUT2D eigenvalue weighted by Gasteiger charge is -2.20. The van der Waals surface area contributed by atoms with Gasteiger partial charge in [-0.15, -0.1) is 5.10 Å². The molecule has 1 aliphatic rings. The van der Waals surface area contributed by atoms with Crippen LogP contribution in [0.4, 0.5) is 11.4 Å². The van der Waals surface area contributed by atoms with Crippen molar-refractivity contribution >= 4 is 29.0 Å². The molecule has 1 aliphatic heterocycles. The summed E-state index contributed by atoms with van der Waals surface area (Å²) >= 11 is 1.33. The Morgan fingerprint density at radius 3 is 2.50 bits per heavy atom. The summed E-state index contributed by atoms with van der Waals surface area (Å²) in [5, 5.41) is 15.6. The van der Waals surface area contributed by atoms with Crippen LogP contribution in [0, 0.1) is 20.8 Å². The number of rotatable bonds is 6. The average molecular weight is 423 g/mol. The Labute approximate surface area is 180 Å². The van der Waals surface area contributed by atoms with Crippen molar-refractivity contribution in [1.82, 2.24) is 20.2 Å². The average Bonchev–Trinajstić information content (AvgIpc) is 3.39.